The first-order chi connectivity index (χ1) is 15.6. The number of nitrogens with zero attached hydrogens (tertiary/aromatic N) is 2. The number of carboxylic acid groups (broad SMARTS) is 1. The van der Waals surface area contributed by atoms with Crippen molar-refractivity contribution in [1.82, 2.24) is 4.31 Å². The van der Waals surface area contributed by atoms with Gasteiger partial charge in [0.25, 0.3) is 0 Å². The van der Waals surface area contributed by atoms with Crippen LogP contribution in [0.25, 0.3) is 0 Å². The van der Waals surface area contributed by atoms with Crippen LogP contribution in [-0.2, 0) is 14.8 Å². The van der Waals surface area contributed by atoms with Gasteiger partial charge in [0.1, 0.15) is 5.75 Å². The van der Waals surface area contributed by atoms with Crippen molar-refractivity contribution >= 4 is 33.6 Å². The van der Waals surface area contributed by atoms with Gasteiger partial charge < -0.3 is 15.3 Å². The second-order valence-electron chi connectivity index (χ2n) is 8.16. The summed E-state index contributed by atoms with van der Waals surface area (Å²) in [4.78, 5) is 15.8. The summed E-state index contributed by atoms with van der Waals surface area (Å²) >= 11 is 0. The standard InChI is InChI=1S/C24H29N3O5S/c1-4-32-19-8-10-20(11-9-19)33(30,31)27-14-17(3)18(15-27)13-26-22-7-5-6-16(2)24(22)21(25)12-23(28)29/h5-11,13,17-18,25H,4,12,14-15H2,1-3H3,(H,28,29)/t17-,18?/m1/s1. The Labute approximate surface area is 194 Å². The van der Waals surface area contributed by atoms with Crippen LogP contribution in [0.5, 0.6) is 5.75 Å². The number of carboxylic acids is 1. The molecule has 1 fully saturated rings. The molecule has 9 heteroatoms. The fraction of sp³-hybridized carbons (Fsp3) is 0.375. The third-order valence-corrected chi connectivity index (χ3v) is 7.54. The number of aryl methyl sites for hydroxylation is 1. The highest BCUT2D eigenvalue weighted by Crippen LogP contribution is 2.30. The summed E-state index contributed by atoms with van der Waals surface area (Å²) in [7, 11) is -3.64. The van der Waals surface area contributed by atoms with Crippen molar-refractivity contribution in [3.05, 3.63) is 53.6 Å². The molecule has 1 heterocycles. The SMILES string of the molecule is CCOc1ccc(S(=O)(=O)N2CC(C=Nc3cccc(C)c3C(=N)CC(=O)O)[C@H](C)C2)cc1. The summed E-state index contributed by atoms with van der Waals surface area (Å²) in [5, 5.41) is 17.2. The first-order valence-electron chi connectivity index (χ1n) is 10.8. The quantitative estimate of drug-likeness (QED) is 0.538. The molecule has 0 radical (unpaired) electrons. The Bertz CT molecular complexity index is 1160. The molecule has 0 aromatic heterocycles. The monoisotopic (exact) mass is 471 g/mol. The lowest BCUT2D eigenvalue weighted by atomic mass is 9.98. The Kier molecular flexibility index (Phi) is 7.65. The minimum atomic E-state index is -3.64. The smallest absolute Gasteiger partial charge is 0.309 e. The van der Waals surface area contributed by atoms with Gasteiger partial charge in [-0.2, -0.15) is 4.31 Å². The van der Waals surface area contributed by atoms with Gasteiger partial charge in [0.05, 0.1) is 29.3 Å². The van der Waals surface area contributed by atoms with Gasteiger partial charge in [0.2, 0.25) is 10.0 Å². The van der Waals surface area contributed by atoms with Crippen molar-refractivity contribution in [3.8, 4) is 5.75 Å². The van der Waals surface area contributed by atoms with Crippen molar-refractivity contribution in [2.75, 3.05) is 19.7 Å². The molecule has 0 spiro atoms. The minimum absolute atomic E-state index is 0.00748. The Morgan fingerprint density at radius 2 is 1.94 bits per heavy atom. The molecule has 2 N–H and O–H groups in total. The van der Waals surface area contributed by atoms with Crippen LogP contribution in [0, 0.1) is 24.2 Å². The van der Waals surface area contributed by atoms with Crippen molar-refractivity contribution in [2.24, 2.45) is 16.8 Å². The van der Waals surface area contributed by atoms with Crippen molar-refractivity contribution in [3.63, 3.8) is 0 Å². The van der Waals surface area contributed by atoms with Crippen LogP contribution in [-0.4, -0.2) is 55.4 Å². The van der Waals surface area contributed by atoms with E-state index in [2.05, 4.69) is 4.99 Å². The number of benzene rings is 2. The third-order valence-electron chi connectivity index (χ3n) is 5.70. The number of carbonyl (C=O) groups is 1. The zero-order valence-corrected chi connectivity index (χ0v) is 19.8. The van der Waals surface area contributed by atoms with E-state index in [-0.39, 0.29) is 28.9 Å². The van der Waals surface area contributed by atoms with E-state index < -0.39 is 16.0 Å². The van der Waals surface area contributed by atoms with Gasteiger partial charge in [0, 0.05) is 30.8 Å². The number of rotatable bonds is 9. The summed E-state index contributed by atoms with van der Waals surface area (Å²) in [6.45, 7) is 6.85. The van der Waals surface area contributed by atoms with Crippen LogP contribution < -0.4 is 4.74 Å². The number of hydrogen-bond donors (Lipinski definition) is 2. The molecular weight excluding hydrogens is 442 g/mol. The molecular formula is C24H29N3O5S. The van der Waals surface area contributed by atoms with Gasteiger partial charge in [-0.05, 0) is 55.7 Å². The molecule has 1 unspecified atom stereocenters. The molecule has 2 aromatic carbocycles. The van der Waals surface area contributed by atoms with Crippen LogP contribution >= 0.6 is 0 Å². The Balaban J connectivity index is 1.79. The molecule has 2 atom stereocenters. The average molecular weight is 472 g/mol. The first-order valence-corrected chi connectivity index (χ1v) is 12.2. The number of aliphatic carboxylic acids is 1. The zero-order valence-electron chi connectivity index (χ0n) is 19.0. The van der Waals surface area contributed by atoms with E-state index in [0.717, 1.165) is 5.56 Å². The van der Waals surface area contributed by atoms with Gasteiger partial charge >= 0.3 is 5.97 Å². The van der Waals surface area contributed by atoms with Gasteiger partial charge in [-0.25, -0.2) is 8.42 Å². The lowest BCUT2D eigenvalue weighted by molar-refractivity contribution is -0.135. The van der Waals surface area contributed by atoms with Crippen molar-refractivity contribution in [2.45, 2.75) is 32.1 Å². The summed E-state index contributed by atoms with van der Waals surface area (Å²) in [5.41, 5.74) is 1.78. The topological polar surface area (TPSA) is 120 Å². The Morgan fingerprint density at radius 1 is 1.24 bits per heavy atom. The predicted octanol–water partition coefficient (Wildman–Crippen LogP) is 3.90. The Morgan fingerprint density at radius 3 is 2.58 bits per heavy atom. The maximum atomic E-state index is 13.1. The van der Waals surface area contributed by atoms with Crippen molar-refractivity contribution in [1.29, 1.82) is 5.41 Å². The lowest BCUT2D eigenvalue weighted by Crippen LogP contribution is -2.29. The van der Waals surface area contributed by atoms with Crippen LogP contribution in [0.2, 0.25) is 0 Å². The Hall–Kier alpha value is -3.04. The number of hydrogen-bond acceptors (Lipinski definition) is 6. The molecule has 3 rings (SSSR count). The number of nitrogens with one attached hydrogen (secondary N) is 1. The predicted molar refractivity (Wildman–Crippen MR) is 127 cm³/mol. The van der Waals surface area contributed by atoms with Gasteiger partial charge in [-0.15, -0.1) is 0 Å². The molecule has 176 valence electrons. The molecule has 0 saturated carbocycles. The van der Waals surface area contributed by atoms with E-state index >= 15 is 0 Å². The highest BCUT2D eigenvalue weighted by atomic mass is 32.2. The van der Waals surface area contributed by atoms with E-state index in [1.54, 1.807) is 42.6 Å². The second kappa shape index (κ2) is 10.3. The maximum absolute atomic E-state index is 13.1. The van der Waals surface area contributed by atoms with E-state index in [4.69, 9.17) is 15.3 Å². The average Bonchev–Trinajstić information content (AvgIpc) is 3.13. The van der Waals surface area contributed by atoms with Crippen LogP contribution in [0.1, 0.15) is 31.4 Å². The summed E-state index contributed by atoms with van der Waals surface area (Å²) in [6, 6.07) is 11.8. The number of sulfonamides is 1. The molecule has 0 bridgehead atoms. The van der Waals surface area contributed by atoms with Crippen LogP contribution in [0.15, 0.2) is 52.4 Å². The zero-order chi connectivity index (χ0) is 24.2. The van der Waals surface area contributed by atoms with Crippen LogP contribution in [0.3, 0.4) is 0 Å². The molecule has 2 aromatic rings. The molecule has 8 nitrogen and oxygen atoms in total. The van der Waals surface area contributed by atoms with E-state index in [1.807, 2.05) is 26.8 Å². The van der Waals surface area contributed by atoms with Gasteiger partial charge in [0.15, 0.2) is 0 Å². The molecule has 1 saturated heterocycles. The first kappa shape index (κ1) is 24.6. The summed E-state index contributed by atoms with van der Waals surface area (Å²) < 4.78 is 33.1. The van der Waals surface area contributed by atoms with E-state index in [1.165, 1.54) is 4.31 Å². The van der Waals surface area contributed by atoms with Crippen LogP contribution in [0.4, 0.5) is 5.69 Å². The number of aliphatic imine (C=N–C) groups is 1. The van der Waals surface area contributed by atoms with Gasteiger partial charge in [-0.3, -0.25) is 9.79 Å². The fourth-order valence-corrected chi connectivity index (χ4v) is 5.51. The number of ether oxygens (including phenoxy) is 1. The molecule has 0 amide bonds. The highest BCUT2D eigenvalue weighted by Gasteiger charge is 2.36. The molecule has 33 heavy (non-hydrogen) atoms. The summed E-state index contributed by atoms with van der Waals surface area (Å²) in [5.74, 6) is -0.501. The summed E-state index contributed by atoms with van der Waals surface area (Å²) in [6.07, 6.45) is 1.34. The second-order valence-corrected chi connectivity index (χ2v) is 10.1. The van der Waals surface area contributed by atoms with Crippen molar-refractivity contribution < 1.29 is 23.1 Å². The highest BCUT2D eigenvalue weighted by molar-refractivity contribution is 7.89. The van der Waals surface area contributed by atoms with E-state index in [0.29, 0.717) is 36.7 Å². The van der Waals surface area contributed by atoms with Gasteiger partial charge in [-0.1, -0.05) is 19.1 Å². The molecule has 1 aliphatic rings. The third kappa shape index (κ3) is 5.66. The maximum Gasteiger partial charge on any atom is 0.309 e. The molecule has 1 aliphatic heterocycles. The fourth-order valence-electron chi connectivity index (χ4n) is 3.93. The lowest BCUT2D eigenvalue weighted by Gasteiger charge is -2.16. The normalized spacial score (nSPS) is 19.1. The van der Waals surface area contributed by atoms with E-state index in [9.17, 15) is 13.2 Å². The minimum Gasteiger partial charge on any atom is -0.494 e. The largest absolute Gasteiger partial charge is 0.494 e. The molecule has 0 aliphatic carbocycles.